The van der Waals surface area contributed by atoms with E-state index < -0.39 is 0 Å². The molecule has 29 heavy (non-hydrogen) atoms. The van der Waals surface area contributed by atoms with Crippen molar-refractivity contribution in [3.8, 4) is 17.2 Å². The first-order valence-electron chi connectivity index (χ1n) is 10.5. The van der Waals surface area contributed by atoms with Crippen LogP contribution < -0.4 is 29.3 Å². The van der Waals surface area contributed by atoms with Crippen molar-refractivity contribution in [2.75, 3.05) is 67.2 Å². The largest absolute Gasteiger partial charge is 0.493 e. The fourth-order valence-electron chi connectivity index (χ4n) is 4.20. The van der Waals surface area contributed by atoms with Crippen LogP contribution in [0.3, 0.4) is 0 Å². The van der Waals surface area contributed by atoms with Crippen LogP contribution in [0.4, 0.5) is 0 Å². The normalized spacial score (nSPS) is 24.2. The van der Waals surface area contributed by atoms with E-state index in [-0.39, 0.29) is 12.0 Å². The first kappa shape index (κ1) is 21.7. The molecule has 2 heterocycles. The van der Waals surface area contributed by atoms with Gasteiger partial charge >= 0.3 is 0 Å². The van der Waals surface area contributed by atoms with E-state index in [1.54, 1.807) is 21.3 Å². The van der Waals surface area contributed by atoms with Crippen molar-refractivity contribution in [3.63, 3.8) is 0 Å². The molecular weight excluding hydrogens is 374 g/mol. The van der Waals surface area contributed by atoms with E-state index in [4.69, 9.17) is 18.9 Å². The molecule has 2 fully saturated rings. The Morgan fingerprint density at radius 3 is 2.41 bits per heavy atom. The molecule has 0 aromatic heterocycles. The molecule has 3 N–H and O–H groups in total. The Balaban J connectivity index is 1.46. The summed E-state index contributed by atoms with van der Waals surface area (Å²) in [6.07, 6.45) is 2.35. The third kappa shape index (κ3) is 5.74. The van der Waals surface area contributed by atoms with Crippen LogP contribution in [0.25, 0.3) is 0 Å². The summed E-state index contributed by atoms with van der Waals surface area (Å²) in [7, 11) is 4.91. The number of nitrogens with one attached hydrogen (secondary N) is 3. The van der Waals surface area contributed by atoms with Gasteiger partial charge in [0.25, 0.3) is 5.91 Å². The summed E-state index contributed by atoms with van der Waals surface area (Å²) < 4.78 is 22.0. The maximum atomic E-state index is 12.2. The van der Waals surface area contributed by atoms with Gasteiger partial charge in [-0.1, -0.05) is 0 Å². The van der Waals surface area contributed by atoms with Crippen LogP contribution in [0.5, 0.6) is 17.2 Å². The zero-order valence-corrected chi connectivity index (χ0v) is 17.8. The van der Waals surface area contributed by atoms with Crippen molar-refractivity contribution < 1.29 is 33.5 Å². The number of amides is 1. The van der Waals surface area contributed by atoms with E-state index in [9.17, 15) is 4.79 Å². The molecule has 1 amide bonds. The Morgan fingerprint density at radius 1 is 1.07 bits per heavy atom. The highest BCUT2D eigenvalue weighted by atomic mass is 16.5. The molecule has 0 radical (unpaired) electrons. The number of rotatable bonds is 9. The summed E-state index contributed by atoms with van der Waals surface area (Å²) in [5.41, 5.74) is 1.11. The van der Waals surface area contributed by atoms with Gasteiger partial charge in [0, 0.05) is 13.2 Å². The van der Waals surface area contributed by atoms with Crippen molar-refractivity contribution >= 4 is 5.91 Å². The second kappa shape index (κ2) is 10.7. The Labute approximate surface area is 173 Å². The van der Waals surface area contributed by atoms with Gasteiger partial charge in [-0.2, -0.15) is 0 Å². The summed E-state index contributed by atoms with van der Waals surface area (Å²) in [5.74, 6) is 2.17. The predicted molar refractivity (Wildman–Crippen MR) is 108 cm³/mol. The average molecular weight is 410 g/mol. The van der Waals surface area contributed by atoms with E-state index in [0.717, 1.165) is 63.5 Å². The molecule has 8 heteroatoms. The standard InChI is InChI=1S/C21H33N3O5/c1-26-18-7-6-16(20(27-2)21(18)28-3)14-23-8-10-24(11-9-23)15-19(25)22-13-17-5-4-12-29-17/h6-7,17H,4-5,8-15H2,1-3H3,(H,22,25)/p+2/t17-/m0/s1. The maximum absolute atomic E-state index is 12.2. The minimum Gasteiger partial charge on any atom is -0.493 e. The van der Waals surface area contributed by atoms with Crippen molar-refractivity contribution in [2.45, 2.75) is 25.5 Å². The zero-order chi connectivity index (χ0) is 20.6. The van der Waals surface area contributed by atoms with Gasteiger partial charge in [-0.25, -0.2) is 0 Å². The third-order valence-electron chi connectivity index (χ3n) is 5.85. The van der Waals surface area contributed by atoms with Gasteiger partial charge in [-0.3, -0.25) is 4.79 Å². The number of benzene rings is 1. The topological polar surface area (TPSA) is 74.9 Å². The molecule has 1 atom stereocenters. The van der Waals surface area contributed by atoms with E-state index in [0.29, 0.717) is 24.6 Å². The van der Waals surface area contributed by atoms with E-state index in [1.165, 1.54) is 9.80 Å². The van der Waals surface area contributed by atoms with Crippen LogP contribution >= 0.6 is 0 Å². The minimum atomic E-state index is 0.125. The molecule has 0 saturated carbocycles. The van der Waals surface area contributed by atoms with Gasteiger partial charge < -0.3 is 34.1 Å². The summed E-state index contributed by atoms with van der Waals surface area (Å²) in [6.45, 7) is 6.87. The van der Waals surface area contributed by atoms with Crippen LogP contribution in [-0.4, -0.2) is 79.2 Å². The molecule has 0 spiro atoms. The lowest BCUT2D eigenvalue weighted by molar-refractivity contribution is -1.02. The van der Waals surface area contributed by atoms with Crippen LogP contribution in [0.1, 0.15) is 18.4 Å². The fraction of sp³-hybridized carbons (Fsp3) is 0.667. The maximum Gasteiger partial charge on any atom is 0.275 e. The summed E-state index contributed by atoms with van der Waals surface area (Å²) >= 11 is 0. The van der Waals surface area contributed by atoms with Gasteiger partial charge in [-0.05, 0) is 25.0 Å². The molecule has 1 aromatic rings. The van der Waals surface area contributed by atoms with E-state index >= 15 is 0 Å². The monoisotopic (exact) mass is 409 g/mol. The molecule has 0 unspecified atom stereocenters. The van der Waals surface area contributed by atoms with Gasteiger partial charge in [0.15, 0.2) is 18.0 Å². The quantitative estimate of drug-likeness (QED) is 0.453. The molecular formula is C21H35N3O5+2. The highest BCUT2D eigenvalue weighted by molar-refractivity contribution is 5.76. The number of carbonyl (C=O) groups is 1. The minimum absolute atomic E-state index is 0.125. The Bertz CT molecular complexity index is 671. The number of piperazine rings is 1. The van der Waals surface area contributed by atoms with E-state index in [2.05, 4.69) is 5.32 Å². The Kier molecular flexibility index (Phi) is 7.97. The second-order valence-corrected chi connectivity index (χ2v) is 7.79. The predicted octanol–water partition coefficient (Wildman–Crippen LogP) is -1.71. The van der Waals surface area contributed by atoms with Crippen molar-refractivity contribution in [1.29, 1.82) is 0 Å². The van der Waals surface area contributed by atoms with Gasteiger partial charge in [0.05, 0.1) is 33.0 Å². The van der Waals surface area contributed by atoms with Crippen molar-refractivity contribution in [2.24, 2.45) is 0 Å². The second-order valence-electron chi connectivity index (χ2n) is 7.79. The van der Waals surface area contributed by atoms with Crippen LogP contribution in [0, 0.1) is 0 Å². The molecule has 162 valence electrons. The molecule has 2 aliphatic heterocycles. The Hall–Kier alpha value is -2.03. The number of hydrogen-bond acceptors (Lipinski definition) is 5. The molecule has 0 bridgehead atoms. The third-order valence-corrected chi connectivity index (χ3v) is 5.85. The lowest BCUT2D eigenvalue weighted by atomic mass is 10.1. The smallest absolute Gasteiger partial charge is 0.275 e. The van der Waals surface area contributed by atoms with Gasteiger partial charge in [0.1, 0.15) is 32.7 Å². The molecule has 2 saturated heterocycles. The number of hydrogen-bond donors (Lipinski definition) is 3. The van der Waals surface area contributed by atoms with E-state index in [1.807, 2.05) is 12.1 Å². The lowest BCUT2D eigenvalue weighted by Crippen LogP contribution is -3.28. The average Bonchev–Trinajstić information content (AvgIpc) is 3.27. The number of quaternary nitrogens is 2. The number of methoxy groups -OCH3 is 3. The SMILES string of the molecule is COc1ccc(C[NH+]2CC[NH+](CC(=O)NC[C@@H]3CCCO3)CC2)c(OC)c1OC. The highest BCUT2D eigenvalue weighted by Crippen LogP contribution is 2.39. The van der Waals surface area contributed by atoms with Crippen LogP contribution in [0.2, 0.25) is 0 Å². The van der Waals surface area contributed by atoms with Crippen molar-refractivity contribution in [1.82, 2.24) is 5.32 Å². The molecule has 3 rings (SSSR count). The first-order valence-corrected chi connectivity index (χ1v) is 10.5. The van der Waals surface area contributed by atoms with Gasteiger partial charge in [-0.15, -0.1) is 0 Å². The first-order chi connectivity index (χ1) is 14.1. The molecule has 0 aliphatic carbocycles. The zero-order valence-electron chi connectivity index (χ0n) is 17.8. The summed E-state index contributed by atoms with van der Waals surface area (Å²) in [6, 6.07) is 3.97. The molecule has 8 nitrogen and oxygen atoms in total. The highest BCUT2D eigenvalue weighted by Gasteiger charge is 2.27. The molecule has 1 aromatic carbocycles. The Morgan fingerprint density at radius 2 is 1.79 bits per heavy atom. The van der Waals surface area contributed by atoms with Gasteiger partial charge in [0.2, 0.25) is 5.75 Å². The molecule has 2 aliphatic rings. The fourth-order valence-corrected chi connectivity index (χ4v) is 4.20. The van der Waals surface area contributed by atoms with Crippen LogP contribution in [-0.2, 0) is 16.1 Å². The number of ether oxygens (including phenoxy) is 4. The summed E-state index contributed by atoms with van der Waals surface area (Å²) in [4.78, 5) is 15.0. The van der Waals surface area contributed by atoms with Crippen molar-refractivity contribution in [3.05, 3.63) is 17.7 Å². The number of carbonyl (C=O) groups excluding carboxylic acids is 1. The lowest BCUT2D eigenvalue weighted by Gasteiger charge is -2.30. The summed E-state index contributed by atoms with van der Waals surface area (Å²) in [5, 5.41) is 3.03. The van der Waals surface area contributed by atoms with Crippen LogP contribution in [0.15, 0.2) is 12.1 Å².